The normalized spacial score (nSPS) is 11.9. The standard InChI is InChI=1S/C14H13NO2S/c1-11(16)15-12-7-9-14(10-8-12)18(17)13-5-3-2-4-6-13/h2-10H,1H3,(H,15,16). The zero-order chi connectivity index (χ0) is 13.0. The summed E-state index contributed by atoms with van der Waals surface area (Å²) in [5, 5.41) is 2.67. The number of benzene rings is 2. The zero-order valence-corrected chi connectivity index (χ0v) is 10.7. The first kappa shape index (κ1) is 12.7. The molecule has 0 radical (unpaired) electrons. The van der Waals surface area contributed by atoms with E-state index in [0.29, 0.717) is 5.69 Å². The molecule has 2 aromatic rings. The van der Waals surface area contributed by atoms with Gasteiger partial charge in [-0.2, -0.15) is 0 Å². The summed E-state index contributed by atoms with van der Waals surface area (Å²) in [6.45, 7) is 1.45. The van der Waals surface area contributed by atoms with Crippen molar-refractivity contribution in [3.05, 3.63) is 54.6 Å². The Labute approximate surface area is 109 Å². The third-order valence-electron chi connectivity index (χ3n) is 2.35. The Bertz CT molecular complexity index is 525. The molecule has 0 aliphatic carbocycles. The Morgan fingerprint density at radius 3 is 2.11 bits per heavy atom. The monoisotopic (exact) mass is 259 g/mol. The van der Waals surface area contributed by atoms with Crippen molar-refractivity contribution in [3.63, 3.8) is 0 Å². The van der Waals surface area contributed by atoms with Crippen LogP contribution in [0.4, 0.5) is 5.69 Å². The molecule has 0 saturated heterocycles. The average Bonchev–Trinajstić information content (AvgIpc) is 2.39. The Morgan fingerprint density at radius 2 is 1.56 bits per heavy atom. The van der Waals surface area contributed by atoms with Crippen LogP contribution >= 0.6 is 0 Å². The van der Waals surface area contributed by atoms with Crippen LogP contribution in [0.5, 0.6) is 0 Å². The highest BCUT2D eigenvalue weighted by molar-refractivity contribution is 7.91. The molecule has 4 heteroatoms. The van der Waals surface area contributed by atoms with Crippen LogP contribution in [-0.4, -0.2) is 10.5 Å². The van der Waals surface area contributed by atoms with Gasteiger partial charge in [0.05, 0.1) is 0 Å². The van der Waals surface area contributed by atoms with Crippen LogP contribution in [0.15, 0.2) is 64.4 Å². The number of hydrogen-bond acceptors (Lipinski definition) is 2. The third kappa shape index (κ3) is 3.12. The molecule has 1 unspecified atom stereocenters. The highest BCUT2D eigenvalue weighted by Gasteiger charge is 2.13. The van der Waals surface area contributed by atoms with Gasteiger partial charge in [-0.05, 0) is 36.4 Å². The molecule has 0 aliphatic heterocycles. The van der Waals surface area contributed by atoms with E-state index in [2.05, 4.69) is 5.32 Å². The van der Waals surface area contributed by atoms with E-state index in [1.165, 1.54) is 6.92 Å². The molecule has 2 rings (SSSR count). The molecule has 1 atom stereocenters. The van der Waals surface area contributed by atoms with E-state index in [9.17, 15) is 9.35 Å². The number of hydrogen-bond donors (Lipinski definition) is 1. The van der Waals surface area contributed by atoms with E-state index in [4.69, 9.17) is 0 Å². The smallest absolute Gasteiger partial charge is 0.221 e. The zero-order valence-electron chi connectivity index (χ0n) is 9.92. The number of anilines is 1. The fraction of sp³-hybridized carbons (Fsp3) is 0.0714. The van der Waals surface area contributed by atoms with Crippen LogP contribution in [0, 0.1) is 0 Å². The van der Waals surface area contributed by atoms with Crippen molar-refractivity contribution in [1.29, 1.82) is 0 Å². The first-order chi connectivity index (χ1) is 8.66. The van der Waals surface area contributed by atoms with Crippen LogP contribution in [-0.2, 0) is 16.0 Å². The Balaban J connectivity index is 2.17. The summed E-state index contributed by atoms with van der Waals surface area (Å²) >= 11 is -1.18. The van der Waals surface area contributed by atoms with Crippen LogP contribution in [0.2, 0.25) is 0 Å². The quantitative estimate of drug-likeness (QED) is 0.862. The maximum absolute atomic E-state index is 12.2. The summed E-state index contributed by atoms with van der Waals surface area (Å²) in [6.07, 6.45) is 0. The molecule has 3 nitrogen and oxygen atoms in total. The Morgan fingerprint density at radius 1 is 1.00 bits per heavy atom. The van der Waals surface area contributed by atoms with Crippen LogP contribution in [0.1, 0.15) is 6.92 Å². The lowest BCUT2D eigenvalue weighted by Crippen LogP contribution is -2.06. The van der Waals surface area contributed by atoms with Crippen molar-refractivity contribution in [2.24, 2.45) is 0 Å². The predicted molar refractivity (Wildman–Crippen MR) is 71.9 cm³/mol. The number of carbonyl (C=O) groups excluding carboxylic acids is 1. The minimum absolute atomic E-state index is 0.119. The molecular formula is C14H13NO2S. The summed E-state index contributed by atoms with van der Waals surface area (Å²) in [5.74, 6) is -0.119. The first-order valence-electron chi connectivity index (χ1n) is 5.51. The summed E-state index contributed by atoms with van der Waals surface area (Å²) in [7, 11) is 0. The Kier molecular flexibility index (Phi) is 4.02. The van der Waals surface area contributed by atoms with Gasteiger partial charge in [-0.15, -0.1) is 0 Å². The highest BCUT2D eigenvalue weighted by Crippen LogP contribution is 2.21. The van der Waals surface area contributed by atoms with Gasteiger partial charge in [-0.3, -0.25) is 4.79 Å². The average molecular weight is 259 g/mol. The second kappa shape index (κ2) is 5.71. The minimum Gasteiger partial charge on any atom is -0.606 e. The van der Waals surface area contributed by atoms with E-state index in [1.54, 1.807) is 24.3 Å². The van der Waals surface area contributed by atoms with Crippen molar-refractivity contribution in [2.45, 2.75) is 16.7 Å². The first-order valence-corrected chi connectivity index (χ1v) is 6.66. The second-order valence-electron chi connectivity index (χ2n) is 3.79. The molecule has 2 aromatic carbocycles. The van der Waals surface area contributed by atoms with E-state index >= 15 is 0 Å². The largest absolute Gasteiger partial charge is 0.606 e. The lowest BCUT2D eigenvalue weighted by molar-refractivity contribution is -0.114. The molecular weight excluding hydrogens is 246 g/mol. The van der Waals surface area contributed by atoms with Gasteiger partial charge >= 0.3 is 0 Å². The molecule has 0 aliphatic rings. The molecule has 0 fully saturated rings. The second-order valence-corrected chi connectivity index (χ2v) is 5.27. The summed E-state index contributed by atoms with van der Waals surface area (Å²) in [4.78, 5) is 12.4. The summed E-state index contributed by atoms with van der Waals surface area (Å²) in [6, 6.07) is 16.3. The van der Waals surface area contributed by atoms with Gasteiger partial charge in [0.1, 0.15) is 0 Å². The summed E-state index contributed by atoms with van der Waals surface area (Å²) in [5.41, 5.74) is 0.705. The van der Waals surface area contributed by atoms with E-state index in [1.807, 2.05) is 30.3 Å². The highest BCUT2D eigenvalue weighted by atomic mass is 32.2. The molecule has 1 amide bonds. The molecule has 92 valence electrons. The van der Waals surface area contributed by atoms with Crippen LogP contribution < -0.4 is 5.32 Å². The lowest BCUT2D eigenvalue weighted by Gasteiger charge is -2.10. The number of nitrogens with one attached hydrogen (secondary N) is 1. The van der Waals surface area contributed by atoms with Crippen LogP contribution in [0.3, 0.4) is 0 Å². The summed E-state index contributed by atoms with van der Waals surface area (Å²) < 4.78 is 12.2. The SMILES string of the molecule is CC(=O)Nc1ccc([S+]([O-])c2ccccc2)cc1. The maximum Gasteiger partial charge on any atom is 0.221 e. The predicted octanol–water partition coefficient (Wildman–Crippen LogP) is 2.81. The van der Waals surface area contributed by atoms with Crippen molar-refractivity contribution in [1.82, 2.24) is 0 Å². The fourth-order valence-electron chi connectivity index (χ4n) is 1.55. The van der Waals surface area contributed by atoms with Gasteiger partial charge in [0.25, 0.3) is 0 Å². The molecule has 0 bridgehead atoms. The Hall–Kier alpha value is -1.78. The van der Waals surface area contributed by atoms with E-state index in [-0.39, 0.29) is 5.91 Å². The van der Waals surface area contributed by atoms with Crippen molar-refractivity contribution < 1.29 is 9.35 Å². The topological polar surface area (TPSA) is 52.2 Å². The molecule has 0 spiro atoms. The van der Waals surface area contributed by atoms with Crippen molar-refractivity contribution in [2.75, 3.05) is 5.32 Å². The number of carbonyl (C=O) groups is 1. The number of rotatable bonds is 3. The van der Waals surface area contributed by atoms with Gasteiger partial charge < -0.3 is 9.87 Å². The lowest BCUT2D eigenvalue weighted by atomic mass is 10.3. The fourth-order valence-corrected chi connectivity index (χ4v) is 2.61. The van der Waals surface area contributed by atoms with Crippen molar-refractivity contribution in [3.8, 4) is 0 Å². The molecule has 0 saturated carbocycles. The minimum atomic E-state index is -1.18. The van der Waals surface area contributed by atoms with Gasteiger partial charge in [0.15, 0.2) is 9.79 Å². The van der Waals surface area contributed by atoms with Gasteiger partial charge in [-0.1, -0.05) is 18.2 Å². The maximum atomic E-state index is 12.2. The van der Waals surface area contributed by atoms with Gasteiger partial charge in [-0.25, -0.2) is 0 Å². The number of amides is 1. The van der Waals surface area contributed by atoms with Crippen molar-refractivity contribution >= 4 is 22.8 Å². The van der Waals surface area contributed by atoms with Crippen LogP contribution in [0.25, 0.3) is 0 Å². The molecule has 0 heterocycles. The van der Waals surface area contributed by atoms with E-state index < -0.39 is 11.2 Å². The third-order valence-corrected chi connectivity index (χ3v) is 3.75. The molecule has 0 aromatic heterocycles. The molecule has 1 N–H and O–H groups in total. The van der Waals surface area contributed by atoms with Gasteiger partial charge in [0, 0.05) is 23.8 Å². The van der Waals surface area contributed by atoms with Gasteiger partial charge in [0.2, 0.25) is 5.91 Å². The molecule has 18 heavy (non-hydrogen) atoms. The van der Waals surface area contributed by atoms with E-state index in [0.717, 1.165) is 9.79 Å².